The molecule has 0 bridgehead atoms. The van der Waals surface area contributed by atoms with E-state index in [-0.39, 0.29) is 0 Å². The molecule has 0 aliphatic heterocycles. The second-order valence-corrected chi connectivity index (χ2v) is 6.43. The van der Waals surface area contributed by atoms with Gasteiger partial charge < -0.3 is 4.74 Å². The summed E-state index contributed by atoms with van der Waals surface area (Å²) in [5.74, 6) is 0.755. The molecule has 3 rings (SSSR count). The van der Waals surface area contributed by atoms with Gasteiger partial charge in [0.2, 0.25) is 0 Å². The molecule has 0 radical (unpaired) electrons. The van der Waals surface area contributed by atoms with Crippen LogP contribution >= 0.6 is 0 Å². The molecule has 0 spiro atoms. The Labute approximate surface area is 156 Å². The number of benzene rings is 3. The van der Waals surface area contributed by atoms with Crippen molar-refractivity contribution in [1.82, 2.24) is 0 Å². The van der Waals surface area contributed by atoms with E-state index in [1.54, 1.807) is 0 Å². The first-order valence-electron chi connectivity index (χ1n) is 9.11. The number of nitrogens with zero attached hydrogens (tertiary/aromatic N) is 1. The monoisotopic (exact) mass is 343 g/mol. The Bertz CT molecular complexity index is 834. The van der Waals surface area contributed by atoms with Crippen LogP contribution in [-0.2, 0) is 17.6 Å². The van der Waals surface area contributed by atoms with Gasteiger partial charge in [-0.2, -0.15) is 0 Å². The van der Waals surface area contributed by atoms with Gasteiger partial charge in [0, 0.05) is 6.42 Å². The summed E-state index contributed by atoms with van der Waals surface area (Å²) in [6.07, 6.45) is 1.65. The van der Waals surface area contributed by atoms with Gasteiger partial charge in [-0.15, -0.1) is 0 Å². The molecule has 0 unspecified atom stereocenters. The zero-order chi connectivity index (χ0) is 18.2. The summed E-state index contributed by atoms with van der Waals surface area (Å²) in [6, 6.07) is 27.4. The Morgan fingerprint density at radius 1 is 0.769 bits per heavy atom. The van der Waals surface area contributed by atoms with Gasteiger partial charge in [0.15, 0.2) is 5.90 Å². The van der Waals surface area contributed by atoms with Crippen LogP contribution < -0.4 is 0 Å². The number of aliphatic imine (C=N–C) groups is 1. The third-order valence-corrected chi connectivity index (χ3v) is 4.23. The predicted molar refractivity (Wildman–Crippen MR) is 109 cm³/mol. The second-order valence-electron chi connectivity index (χ2n) is 6.43. The normalized spacial score (nSPS) is 11.4. The lowest BCUT2D eigenvalue weighted by Crippen LogP contribution is -2.08. The highest BCUT2D eigenvalue weighted by molar-refractivity contribution is 5.81. The summed E-state index contributed by atoms with van der Waals surface area (Å²) in [5, 5.41) is 0. The minimum Gasteiger partial charge on any atom is -0.481 e. The molecular formula is C24H25NO. The Kier molecular flexibility index (Phi) is 6.21. The molecule has 3 aromatic rings. The SMILES string of the molecule is CCOC(Cc1ccccc1)=Nc1ccc(Cc2ccc(C)cc2)cc1. The van der Waals surface area contributed by atoms with Gasteiger partial charge >= 0.3 is 0 Å². The molecule has 0 aliphatic carbocycles. The van der Waals surface area contributed by atoms with E-state index in [4.69, 9.17) is 9.73 Å². The molecule has 0 fully saturated rings. The fraction of sp³-hybridized carbons (Fsp3) is 0.208. The summed E-state index contributed by atoms with van der Waals surface area (Å²) < 4.78 is 5.74. The fourth-order valence-corrected chi connectivity index (χ4v) is 2.83. The number of rotatable bonds is 6. The molecule has 2 nitrogen and oxygen atoms in total. The molecule has 0 aromatic heterocycles. The topological polar surface area (TPSA) is 21.6 Å². The van der Waals surface area contributed by atoms with Crippen LogP contribution in [-0.4, -0.2) is 12.5 Å². The summed E-state index contributed by atoms with van der Waals surface area (Å²) in [5.41, 5.74) is 6.03. The summed E-state index contributed by atoms with van der Waals surface area (Å²) in [4.78, 5) is 4.70. The lowest BCUT2D eigenvalue weighted by Gasteiger charge is -2.08. The molecule has 26 heavy (non-hydrogen) atoms. The summed E-state index contributed by atoms with van der Waals surface area (Å²) >= 11 is 0. The third kappa shape index (κ3) is 5.32. The molecule has 132 valence electrons. The average Bonchev–Trinajstić information content (AvgIpc) is 2.66. The first-order valence-corrected chi connectivity index (χ1v) is 9.11. The molecule has 0 heterocycles. The summed E-state index contributed by atoms with van der Waals surface area (Å²) in [6.45, 7) is 4.73. The minimum atomic E-state index is 0.622. The van der Waals surface area contributed by atoms with Gasteiger partial charge in [0.05, 0.1) is 12.3 Å². The number of hydrogen-bond donors (Lipinski definition) is 0. The quantitative estimate of drug-likeness (QED) is 0.403. The zero-order valence-electron chi connectivity index (χ0n) is 15.5. The van der Waals surface area contributed by atoms with Crippen LogP contribution in [0.3, 0.4) is 0 Å². The van der Waals surface area contributed by atoms with Gasteiger partial charge in [-0.05, 0) is 49.1 Å². The standard InChI is InChI=1S/C24H25NO/c1-3-26-24(18-20-7-5-4-6-8-20)25-23-15-13-22(14-16-23)17-21-11-9-19(2)10-12-21/h4-16H,3,17-18H2,1-2H3. The van der Waals surface area contributed by atoms with Crippen molar-refractivity contribution in [3.05, 3.63) is 101 Å². The zero-order valence-corrected chi connectivity index (χ0v) is 15.5. The van der Waals surface area contributed by atoms with Gasteiger partial charge in [-0.25, -0.2) is 4.99 Å². The van der Waals surface area contributed by atoms with Crippen molar-refractivity contribution in [3.63, 3.8) is 0 Å². The van der Waals surface area contributed by atoms with Crippen molar-refractivity contribution in [2.75, 3.05) is 6.61 Å². The fourth-order valence-electron chi connectivity index (χ4n) is 2.83. The lowest BCUT2D eigenvalue weighted by molar-refractivity contribution is 0.320. The minimum absolute atomic E-state index is 0.622. The molecule has 2 heteroatoms. The number of aryl methyl sites for hydroxylation is 1. The van der Waals surface area contributed by atoms with Crippen LogP contribution in [0.1, 0.15) is 29.2 Å². The van der Waals surface area contributed by atoms with E-state index in [2.05, 4.69) is 67.6 Å². The van der Waals surface area contributed by atoms with Crippen molar-refractivity contribution in [3.8, 4) is 0 Å². The van der Waals surface area contributed by atoms with Crippen LogP contribution in [0.25, 0.3) is 0 Å². The average molecular weight is 343 g/mol. The number of ether oxygens (including phenoxy) is 1. The Morgan fingerprint density at radius 2 is 1.38 bits per heavy atom. The van der Waals surface area contributed by atoms with Crippen LogP contribution in [0.4, 0.5) is 5.69 Å². The molecule has 0 atom stereocenters. The largest absolute Gasteiger partial charge is 0.481 e. The number of hydrogen-bond acceptors (Lipinski definition) is 2. The molecule has 0 amide bonds. The van der Waals surface area contributed by atoms with Crippen molar-refractivity contribution in [1.29, 1.82) is 0 Å². The smallest absolute Gasteiger partial charge is 0.192 e. The van der Waals surface area contributed by atoms with Gasteiger partial charge in [0.25, 0.3) is 0 Å². The van der Waals surface area contributed by atoms with E-state index < -0.39 is 0 Å². The first kappa shape index (κ1) is 17.9. The maximum Gasteiger partial charge on any atom is 0.192 e. The van der Waals surface area contributed by atoms with E-state index in [0.29, 0.717) is 13.0 Å². The highest BCUT2D eigenvalue weighted by Gasteiger charge is 2.03. The van der Waals surface area contributed by atoms with Crippen molar-refractivity contribution < 1.29 is 4.74 Å². The first-order chi connectivity index (χ1) is 12.7. The van der Waals surface area contributed by atoms with Crippen molar-refractivity contribution in [2.24, 2.45) is 4.99 Å². The van der Waals surface area contributed by atoms with Crippen molar-refractivity contribution in [2.45, 2.75) is 26.7 Å². The molecule has 0 saturated heterocycles. The highest BCUT2D eigenvalue weighted by atomic mass is 16.5. The van der Waals surface area contributed by atoms with E-state index in [1.807, 2.05) is 25.1 Å². The molecule has 0 saturated carbocycles. The third-order valence-electron chi connectivity index (χ3n) is 4.23. The molecule has 3 aromatic carbocycles. The summed E-state index contributed by atoms with van der Waals surface area (Å²) in [7, 11) is 0. The van der Waals surface area contributed by atoms with Gasteiger partial charge in [-0.3, -0.25) is 0 Å². The van der Waals surface area contributed by atoms with E-state index in [9.17, 15) is 0 Å². The maximum atomic E-state index is 5.74. The van der Waals surface area contributed by atoms with Crippen LogP contribution in [0.15, 0.2) is 83.9 Å². The van der Waals surface area contributed by atoms with Crippen LogP contribution in [0, 0.1) is 6.92 Å². The predicted octanol–water partition coefficient (Wildman–Crippen LogP) is 5.90. The maximum absolute atomic E-state index is 5.74. The van der Waals surface area contributed by atoms with Gasteiger partial charge in [0.1, 0.15) is 0 Å². The molecule has 0 N–H and O–H groups in total. The van der Waals surface area contributed by atoms with Crippen LogP contribution in [0.5, 0.6) is 0 Å². The highest BCUT2D eigenvalue weighted by Crippen LogP contribution is 2.17. The molecular weight excluding hydrogens is 318 g/mol. The second kappa shape index (κ2) is 9.00. The van der Waals surface area contributed by atoms with E-state index >= 15 is 0 Å². The molecule has 0 aliphatic rings. The lowest BCUT2D eigenvalue weighted by atomic mass is 10.0. The Balaban J connectivity index is 1.71. The van der Waals surface area contributed by atoms with Gasteiger partial charge in [-0.1, -0.05) is 72.3 Å². The Morgan fingerprint density at radius 3 is 2.00 bits per heavy atom. The Hall–Kier alpha value is -2.87. The van der Waals surface area contributed by atoms with E-state index in [1.165, 1.54) is 22.3 Å². The van der Waals surface area contributed by atoms with Crippen molar-refractivity contribution >= 4 is 11.6 Å². The van der Waals surface area contributed by atoms with Crippen LogP contribution in [0.2, 0.25) is 0 Å². The van der Waals surface area contributed by atoms with E-state index in [0.717, 1.165) is 18.0 Å².